The standard InChI is InChI=1S/C17H25NO/c1-12-6-11-17(16-5-3-2-4-15(12)16)18-13-7-9-14(19)10-8-13/h2-5,12-14,17-19H,6-11H2,1H3. The van der Waals surface area contributed by atoms with Crippen molar-refractivity contribution in [2.45, 2.75) is 69.6 Å². The summed E-state index contributed by atoms with van der Waals surface area (Å²) in [5.74, 6) is 0.697. The van der Waals surface area contributed by atoms with Gasteiger partial charge in [-0.15, -0.1) is 0 Å². The third-order valence-corrected chi connectivity index (χ3v) is 4.92. The Morgan fingerprint density at radius 2 is 1.63 bits per heavy atom. The van der Waals surface area contributed by atoms with Gasteiger partial charge in [0.15, 0.2) is 0 Å². The van der Waals surface area contributed by atoms with Gasteiger partial charge in [-0.1, -0.05) is 31.2 Å². The normalized spacial score (nSPS) is 34.8. The third kappa shape index (κ3) is 2.85. The second kappa shape index (κ2) is 5.64. The molecule has 0 saturated heterocycles. The molecule has 3 rings (SSSR count). The van der Waals surface area contributed by atoms with E-state index < -0.39 is 0 Å². The Morgan fingerprint density at radius 3 is 2.37 bits per heavy atom. The lowest BCUT2D eigenvalue weighted by Gasteiger charge is -2.35. The van der Waals surface area contributed by atoms with Crippen molar-refractivity contribution in [2.75, 3.05) is 0 Å². The number of nitrogens with one attached hydrogen (secondary N) is 1. The van der Waals surface area contributed by atoms with Crippen LogP contribution in [0.5, 0.6) is 0 Å². The van der Waals surface area contributed by atoms with Crippen molar-refractivity contribution < 1.29 is 5.11 Å². The van der Waals surface area contributed by atoms with Gasteiger partial charge in [0.05, 0.1) is 6.10 Å². The van der Waals surface area contributed by atoms with E-state index in [9.17, 15) is 5.11 Å². The van der Waals surface area contributed by atoms with E-state index in [-0.39, 0.29) is 6.10 Å². The lowest BCUT2D eigenvalue weighted by molar-refractivity contribution is 0.113. The molecule has 1 aromatic carbocycles. The number of aliphatic hydroxyl groups excluding tert-OH is 1. The summed E-state index contributed by atoms with van der Waals surface area (Å²) in [5, 5.41) is 13.4. The summed E-state index contributed by atoms with van der Waals surface area (Å²) in [4.78, 5) is 0. The van der Waals surface area contributed by atoms with Crippen LogP contribution < -0.4 is 5.32 Å². The zero-order valence-electron chi connectivity index (χ0n) is 11.8. The van der Waals surface area contributed by atoms with Gasteiger partial charge in [-0.25, -0.2) is 0 Å². The molecular formula is C17H25NO. The molecule has 2 aliphatic rings. The Labute approximate surface area is 116 Å². The van der Waals surface area contributed by atoms with E-state index in [0.717, 1.165) is 25.7 Å². The molecule has 1 saturated carbocycles. The zero-order chi connectivity index (χ0) is 13.2. The summed E-state index contributed by atoms with van der Waals surface area (Å²) >= 11 is 0. The topological polar surface area (TPSA) is 32.3 Å². The minimum Gasteiger partial charge on any atom is -0.393 e. The van der Waals surface area contributed by atoms with Gasteiger partial charge in [0.25, 0.3) is 0 Å². The number of hydrogen-bond donors (Lipinski definition) is 2. The largest absolute Gasteiger partial charge is 0.393 e. The first-order valence-corrected chi connectivity index (χ1v) is 7.77. The van der Waals surface area contributed by atoms with E-state index >= 15 is 0 Å². The van der Waals surface area contributed by atoms with Crippen LogP contribution in [0.4, 0.5) is 0 Å². The average Bonchev–Trinajstić information content (AvgIpc) is 2.45. The van der Waals surface area contributed by atoms with Gasteiger partial charge in [-0.05, 0) is 55.6 Å². The van der Waals surface area contributed by atoms with Gasteiger partial charge in [-0.3, -0.25) is 0 Å². The fraction of sp³-hybridized carbons (Fsp3) is 0.647. The predicted molar refractivity (Wildman–Crippen MR) is 78.2 cm³/mol. The second-order valence-corrected chi connectivity index (χ2v) is 6.33. The number of benzene rings is 1. The monoisotopic (exact) mass is 259 g/mol. The van der Waals surface area contributed by atoms with Gasteiger partial charge in [-0.2, -0.15) is 0 Å². The zero-order valence-corrected chi connectivity index (χ0v) is 11.8. The Morgan fingerprint density at radius 1 is 0.947 bits per heavy atom. The molecule has 0 spiro atoms. The van der Waals surface area contributed by atoms with Crippen molar-refractivity contribution in [2.24, 2.45) is 0 Å². The van der Waals surface area contributed by atoms with Gasteiger partial charge < -0.3 is 10.4 Å². The summed E-state index contributed by atoms with van der Waals surface area (Å²) in [6, 6.07) is 10.0. The molecule has 2 aliphatic carbocycles. The fourth-order valence-electron chi connectivity index (χ4n) is 3.70. The Balaban J connectivity index is 1.70. The molecule has 2 atom stereocenters. The van der Waals surface area contributed by atoms with Crippen molar-refractivity contribution in [1.29, 1.82) is 0 Å². The first-order valence-electron chi connectivity index (χ1n) is 7.77. The quantitative estimate of drug-likeness (QED) is 0.851. The van der Waals surface area contributed by atoms with E-state index in [1.54, 1.807) is 0 Å². The first kappa shape index (κ1) is 13.1. The highest BCUT2D eigenvalue weighted by Gasteiger charge is 2.27. The summed E-state index contributed by atoms with van der Waals surface area (Å²) in [6.07, 6.45) is 6.63. The Bertz CT molecular complexity index is 423. The number of hydrogen-bond acceptors (Lipinski definition) is 2. The first-order chi connectivity index (χ1) is 9.24. The average molecular weight is 259 g/mol. The van der Waals surface area contributed by atoms with Crippen LogP contribution in [0.2, 0.25) is 0 Å². The molecule has 2 nitrogen and oxygen atoms in total. The molecule has 1 aromatic rings. The van der Waals surface area contributed by atoms with Crippen LogP contribution in [0.15, 0.2) is 24.3 Å². The van der Waals surface area contributed by atoms with Gasteiger partial charge in [0, 0.05) is 12.1 Å². The van der Waals surface area contributed by atoms with Crippen LogP contribution in [0.3, 0.4) is 0 Å². The highest BCUT2D eigenvalue weighted by Crippen LogP contribution is 2.37. The summed E-state index contributed by atoms with van der Waals surface area (Å²) in [6.45, 7) is 2.34. The molecule has 0 amide bonds. The van der Waals surface area contributed by atoms with Gasteiger partial charge in [0.1, 0.15) is 0 Å². The van der Waals surface area contributed by atoms with Crippen LogP contribution in [-0.4, -0.2) is 17.3 Å². The molecule has 0 aromatic heterocycles. The van der Waals surface area contributed by atoms with Crippen LogP contribution in [0.1, 0.15) is 68.5 Å². The van der Waals surface area contributed by atoms with Crippen molar-refractivity contribution in [3.05, 3.63) is 35.4 Å². The molecule has 0 bridgehead atoms. The lowest BCUT2D eigenvalue weighted by Crippen LogP contribution is -2.38. The smallest absolute Gasteiger partial charge is 0.0541 e. The Kier molecular flexibility index (Phi) is 3.90. The minimum atomic E-state index is -0.0586. The molecule has 0 radical (unpaired) electrons. The second-order valence-electron chi connectivity index (χ2n) is 6.33. The molecular weight excluding hydrogens is 234 g/mol. The highest BCUT2D eigenvalue weighted by molar-refractivity contribution is 5.35. The van der Waals surface area contributed by atoms with E-state index in [0.29, 0.717) is 18.0 Å². The highest BCUT2D eigenvalue weighted by atomic mass is 16.3. The summed E-state index contributed by atoms with van der Waals surface area (Å²) < 4.78 is 0. The maximum absolute atomic E-state index is 9.60. The van der Waals surface area contributed by atoms with Crippen molar-refractivity contribution in [3.8, 4) is 0 Å². The van der Waals surface area contributed by atoms with E-state index in [2.05, 4.69) is 36.5 Å². The molecule has 19 heavy (non-hydrogen) atoms. The maximum Gasteiger partial charge on any atom is 0.0541 e. The number of fused-ring (bicyclic) bond motifs is 1. The summed E-state index contributed by atoms with van der Waals surface area (Å²) in [7, 11) is 0. The third-order valence-electron chi connectivity index (χ3n) is 4.92. The van der Waals surface area contributed by atoms with Crippen LogP contribution in [0.25, 0.3) is 0 Å². The summed E-state index contributed by atoms with van der Waals surface area (Å²) in [5.41, 5.74) is 3.04. The minimum absolute atomic E-state index is 0.0586. The van der Waals surface area contributed by atoms with E-state index in [4.69, 9.17) is 0 Å². The molecule has 1 fully saturated rings. The molecule has 0 aliphatic heterocycles. The molecule has 2 N–H and O–H groups in total. The van der Waals surface area contributed by atoms with Crippen LogP contribution in [-0.2, 0) is 0 Å². The van der Waals surface area contributed by atoms with E-state index in [1.807, 2.05) is 0 Å². The van der Waals surface area contributed by atoms with Crippen molar-refractivity contribution >= 4 is 0 Å². The maximum atomic E-state index is 9.60. The molecule has 0 heterocycles. The van der Waals surface area contributed by atoms with E-state index in [1.165, 1.54) is 24.0 Å². The Hall–Kier alpha value is -0.860. The molecule has 2 heteroatoms. The predicted octanol–water partition coefficient (Wildman–Crippen LogP) is 3.52. The van der Waals surface area contributed by atoms with Crippen molar-refractivity contribution in [3.63, 3.8) is 0 Å². The molecule has 104 valence electrons. The van der Waals surface area contributed by atoms with Crippen molar-refractivity contribution in [1.82, 2.24) is 5.32 Å². The van der Waals surface area contributed by atoms with Gasteiger partial charge in [0.2, 0.25) is 0 Å². The molecule has 2 unspecified atom stereocenters. The number of rotatable bonds is 2. The van der Waals surface area contributed by atoms with Gasteiger partial charge >= 0.3 is 0 Å². The number of aliphatic hydroxyl groups is 1. The van der Waals surface area contributed by atoms with Crippen LogP contribution >= 0.6 is 0 Å². The SMILES string of the molecule is CC1CCC(NC2CCC(O)CC2)c2ccccc21. The van der Waals surface area contributed by atoms with Crippen LogP contribution in [0, 0.1) is 0 Å². The lowest BCUT2D eigenvalue weighted by atomic mass is 9.80. The fourth-order valence-corrected chi connectivity index (χ4v) is 3.70.